The zero-order valence-corrected chi connectivity index (χ0v) is 11.9. The average Bonchev–Trinajstić information content (AvgIpc) is 2.40. The highest BCUT2D eigenvalue weighted by atomic mass is 79.9. The van der Waals surface area contributed by atoms with Crippen molar-refractivity contribution in [1.29, 1.82) is 0 Å². The van der Waals surface area contributed by atoms with Crippen LogP contribution in [-0.4, -0.2) is 12.2 Å². The Bertz CT molecular complexity index is 569. The summed E-state index contributed by atoms with van der Waals surface area (Å²) in [7, 11) is 1.49. The van der Waals surface area contributed by atoms with Crippen LogP contribution in [0.15, 0.2) is 40.9 Å². The fourth-order valence-electron chi connectivity index (χ4n) is 1.69. The summed E-state index contributed by atoms with van der Waals surface area (Å²) in [4.78, 5) is 0. The van der Waals surface area contributed by atoms with E-state index in [1.54, 1.807) is 30.3 Å². The van der Waals surface area contributed by atoms with Gasteiger partial charge in [0, 0.05) is 11.0 Å². The molecule has 2 aromatic rings. The lowest BCUT2D eigenvalue weighted by atomic mass is 10.2. The van der Waals surface area contributed by atoms with Gasteiger partial charge in [-0.15, -0.1) is 0 Å². The maximum Gasteiger partial charge on any atom is 0.160 e. The van der Waals surface area contributed by atoms with E-state index in [1.165, 1.54) is 13.2 Å². The standard InChI is InChI=1S/C14H13BrFNO2/c1-19-13-7-9(5-6-12(13)18)8-17-14-10(15)3-2-4-11(14)16/h2-7,17-18H,8H2,1H3. The van der Waals surface area contributed by atoms with Crippen molar-refractivity contribution in [3.05, 3.63) is 52.3 Å². The number of nitrogens with one attached hydrogen (secondary N) is 1. The van der Waals surface area contributed by atoms with E-state index in [2.05, 4.69) is 21.2 Å². The van der Waals surface area contributed by atoms with Crippen LogP contribution in [0.2, 0.25) is 0 Å². The maximum absolute atomic E-state index is 13.6. The van der Waals surface area contributed by atoms with Gasteiger partial charge in [0.25, 0.3) is 0 Å². The lowest BCUT2D eigenvalue weighted by Crippen LogP contribution is -2.02. The first kappa shape index (κ1) is 13.7. The van der Waals surface area contributed by atoms with Crippen molar-refractivity contribution in [2.45, 2.75) is 6.54 Å². The number of halogens is 2. The number of aromatic hydroxyl groups is 1. The van der Waals surface area contributed by atoms with E-state index in [-0.39, 0.29) is 11.6 Å². The molecular formula is C14H13BrFNO2. The van der Waals surface area contributed by atoms with Gasteiger partial charge in [0.1, 0.15) is 5.82 Å². The highest BCUT2D eigenvalue weighted by Gasteiger charge is 2.07. The van der Waals surface area contributed by atoms with Crippen molar-refractivity contribution in [1.82, 2.24) is 0 Å². The second-order valence-corrected chi connectivity index (χ2v) is 4.81. The third-order valence-electron chi connectivity index (χ3n) is 2.68. The van der Waals surface area contributed by atoms with E-state index in [0.29, 0.717) is 22.5 Å². The monoisotopic (exact) mass is 325 g/mol. The van der Waals surface area contributed by atoms with Crippen LogP contribution in [0.25, 0.3) is 0 Å². The van der Waals surface area contributed by atoms with Gasteiger partial charge < -0.3 is 15.2 Å². The van der Waals surface area contributed by atoms with E-state index in [4.69, 9.17) is 4.74 Å². The van der Waals surface area contributed by atoms with Crippen LogP contribution >= 0.6 is 15.9 Å². The minimum absolute atomic E-state index is 0.0818. The number of para-hydroxylation sites is 1. The quantitative estimate of drug-likeness (QED) is 0.895. The van der Waals surface area contributed by atoms with Gasteiger partial charge in [-0.25, -0.2) is 4.39 Å². The summed E-state index contributed by atoms with van der Waals surface area (Å²) >= 11 is 3.29. The van der Waals surface area contributed by atoms with Crippen molar-refractivity contribution in [2.24, 2.45) is 0 Å². The number of phenols is 1. The smallest absolute Gasteiger partial charge is 0.160 e. The molecule has 2 rings (SSSR count). The minimum atomic E-state index is -0.319. The van der Waals surface area contributed by atoms with Gasteiger partial charge in [0.05, 0.1) is 12.8 Å². The topological polar surface area (TPSA) is 41.5 Å². The minimum Gasteiger partial charge on any atom is -0.504 e. The molecule has 0 amide bonds. The largest absolute Gasteiger partial charge is 0.504 e. The molecular weight excluding hydrogens is 313 g/mol. The van der Waals surface area contributed by atoms with Crippen LogP contribution in [0.1, 0.15) is 5.56 Å². The van der Waals surface area contributed by atoms with Crippen molar-refractivity contribution in [2.75, 3.05) is 12.4 Å². The van der Waals surface area contributed by atoms with Gasteiger partial charge in [-0.2, -0.15) is 0 Å². The zero-order valence-electron chi connectivity index (χ0n) is 10.3. The molecule has 0 spiro atoms. The molecule has 0 bridgehead atoms. The molecule has 100 valence electrons. The van der Waals surface area contributed by atoms with Crippen molar-refractivity contribution in [3.63, 3.8) is 0 Å². The Morgan fingerprint density at radius 3 is 2.79 bits per heavy atom. The van der Waals surface area contributed by atoms with E-state index >= 15 is 0 Å². The molecule has 0 aliphatic heterocycles. The Morgan fingerprint density at radius 1 is 1.32 bits per heavy atom. The fraction of sp³-hybridized carbons (Fsp3) is 0.143. The Kier molecular flexibility index (Phi) is 4.27. The molecule has 0 fully saturated rings. The second kappa shape index (κ2) is 5.93. The molecule has 19 heavy (non-hydrogen) atoms. The van der Waals surface area contributed by atoms with E-state index in [1.807, 2.05) is 0 Å². The van der Waals surface area contributed by atoms with Gasteiger partial charge in [0.15, 0.2) is 11.5 Å². The predicted octanol–water partition coefficient (Wildman–Crippen LogP) is 3.91. The normalized spacial score (nSPS) is 10.3. The number of methoxy groups -OCH3 is 1. The predicted molar refractivity (Wildman–Crippen MR) is 76.1 cm³/mol. The summed E-state index contributed by atoms with van der Waals surface area (Å²) in [6.45, 7) is 0.427. The Hall–Kier alpha value is -1.75. The molecule has 0 unspecified atom stereocenters. The zero-order chi connectivity index (χ0) is 13.8. The van der Waals surface area contributed by atoms with Gasteiger partial charge in [-0.3, -0.25) is 0 Å². The first-order valence-corrected chi connectivity index (χ1v) is 6.45. The number of ether oxygens (including phenoxy) is 1. The third-order valence-corrected chi connectivity index (χ3v) is 3.34. The maximum atomic E-state index is 13.6. The molecule has 5 heteroatoms. The number of anilines is 1. The molecule has 2 N–H and O–H groups in total. The number of hydrogen-bond donors (Lipinski definition) is 2. The molecule has 0 saturated heterocycles. The summed E-state index contributed by atoms with van der Waals surface area (Å²) in [5.41, 5.74) is 1.29. The lowest BCUT2D eigenvalue weighted by molar-refractivity contribution is 0.373. The van der Waals surface area contributed by atoms with Crippen molar-refractivity contribution >= 4 is 21.6 Å². The lowest BCUT2D eigenvalue weighted by Gasteiger charge is -2.11. The fourth-order valence-corrected chi connectivity index (χ4v) is 2.17. The van der Waals surface area contributed by atoms with E-state index < -0.39 is 0 Å². The Morgan fingerprint density at radius 2 is 2.11 bits per heavy atom. The molecule has 2 aromatic carbocycles. The molecule has 0 aliphatic carbocycles. The van der Waals surface area contributed by atoms with Gasteiger partial charge in [-0.05, 0) is 45.8 Å². The second-order valence-electron chi connectivity index (χ2n) is 3.96. The number of benzene rings is 2. The first-order chi connectivity index (χ1) is 9.11. The molecule has 0 heterocycles. The van der Waals surface area contributed by atoms with Crippen LogP contribution in [-0.2, 0) is 6.54 Å². The summed E-state index contributed by atoms with van der Waals surface area (Å²) in [5.74, 6) is 0.158. The van der Waals surface area contributed by atoms with Gasteiger partial charge in [0.2, 0.25) is 0 Å². The third kappa shape index (κ3) is 3.17. The van der Waals surface area contributed by atoms with Crippen molar-refractivity contribution in [3.8, 4) is 11.5 Å². The molecule has 0 aromatic heterocycles. The van der Waals surface area contributed by atoms with E-state index in [9.17, 15) is 9.50 Å². The Balaban J connectivity index is 2.15. The van der Waals surface area contributed by atoms with Crippen molar-refractivity contribution < 1.29 is 14.2 Å². The van der Waals surface area contributed by atoms with Crippen LogP contribution in [0.5, 0.6) is 11.5 Å². The molecule has 0 saturated carbocycles. The SMILES string of the molecule is COc1cc(CNc2c(F)cccc2Br)ccc1O. The summed E-state index contributed by atoms with van der Waals surface area (Å²) in [5, 5.41) is 12.5. The average molecular weight is 326 g/mol. The van der Waals surface area contributed by atoms with Gasteiger partial charge in [-0.1, -0.05) is 12.1 Å². The molecule has 0 aliphatic rings. The summed E-state index contributed by atoms with van der Waals surface area (Å²) in [6.07, 6.45) is 0. The molecule has 0 radical (unpaired) electrons. The van der Waals surface area contributed by atoms with Crippen LogP contribution in [0.4, 0.5) is 10.1 Å². The van der Waals surface area contributed by atoms with Gasteiger partial charge >= 0.3 is 0 Å². The van der Waals surface area contributed by atoms with E-state index in [0.717, 1.165) is 5.56 Å². The number of phenolic OH excluding ortho intramolecular Hbond substituents is 1. The summed E-state index contributed by atoms with van der Waals surface area (Å²) < 4.78 is 19.3. The molecule has 3 nitrogen and oxygen atoms in total. The molecule has 0 atom stereocenters. The first-order valence-electron chi connectivity index (χ1n) is 5.65. The number of rotatable bonds is 4. The van der Waals surface area contributed by atoms with Crippen LogP contribution in [0.3, 0.4) is 0 Å². The van der Waals surface area contributed by atoms with Crippen LogP contribution in [0, 0.1) is 5.82 Å². The highest BCUT2D eigenvalue weighted by molar-refractivity contribution is 9.10. The van der Waals surface area contributed by atoms with Crippen LogP contribution < -0.4 is 10.1 Å². The highest BCUT2D eigenvalue weighted by Crippen LogP contribution is 2.28. The Labute approximate surface area is 119 Å². The number of hydrogen-bond acceptors (Lipinski definition) is 3. The summed E-state index contributed by atoms with van der Waals surface area (Å²) in [6, 6.07) is 9.80.